The van der Waals surface area contributed by atoms with Gasteiger partial charge in [-0.3, -0.25) is 4.98 Å². The van der Waals surface area contributed by atoms with Crippen LogP contribution in [0.1, 0.15) is 5.56 Å². The lowest BCUT2D eigenvalue weighted by molar-refractivity contribution is -0.137. The maximum Gasteiger partial charge on any atom is 0.416 e. The molecule has 1 aromatic heterocycles. The maximum absolute atomic E-state index is 12.6. The van der Waals surface area contributed by atoms with E-state index in [-0.39, 0.29) is 0 Å². The quantitative estimate of drug-likeness (QED) is 0.582. The summed E-state index contributed by atoms with van der Waals surface area (Å²) >= 11 is 12.0. The molecule has 1 N–H and O–H groups in total. The van der Waals surface area contributed by atoms with E-state index in [1.54, 1.807) is 24.4 Å². The van der Waals surface area contributed by atoms with Gasteiger partial charge in [-0.15, -0.1) is 0 Å². The lowest BCUT2D eigenvalue weighted by Crippen LogP contribution is -2.04. The van der Waals surface area contributed by atoms with Crippen molar-refractivity contribution in [2.75, 3.05) is 5.32 Å². The number of alkyl halides is 3. The molecule has 0 atom stereocenters. The molecule has 0 amide bonds. The summed E-state index contributed by atoms with van der Waals surface area (Å²) in [4.78, 5) is 4.20. The Kier molecular flexibility index (Phi) is 4.08. The number of pyridine rings is 1. The second-order valence-corrected chi connectivity index (χ2v) is 5.66. The SMILES string of the molecule is FC(F)(F)c1ccc(Nc2ccnc3cc(Cl)c(Cl)cc23)cc1. The van der Waals surface area contributed by atoms with Gasteiger partial charge in [0.1, 0.15) is 0 Å². The van der Waals surface area contributed by atoms with E-state index in [9.17, 15) is 13.2 Å². The number of benzene rings is 2. The minimum absolute atomic E-state index is 0.377. The number of anilines is 2. The monoisotopic (exact) mass is 356 g/mol. The van der Waals surface area contributed by atoms with E-state index in [0.717, 1.165) is 17.5 Å². The Morgan fingerprint density at radius 3 is 2.22 bits per heavy atom. The Labute approximate surface area is 139 Å². The lowest BCUT2D eigenvalue weighted by atomic mass is 10.1. The van der Waals surface area contributed by atoms with Crippen molar-refractivity contribution in [3.8, 4) is 0 Å². The highest BCUT2D eigenvalue weighted by molar-refractivity contribution is 6.42. The zero-order chi connectivity index (χ0) is 16.6. The normalized spacial score (nSPS) is 11.7. The van der Waals surface area contributed by atoms with Crippen LogP contribution in [0.4, 0.5) is 24.5 Å². The Morgan fingerprint density at radius 1 is 0.913 bits per heavy atom. The number of fused-ring (bicyclic) bond motifs is 1. The molecule has 3 aromatic rings. The number of nitrogens with one attached hydrogen (secondary N) is 1. The Hall–Kier alpha value is -1.98. The van der Waals surface area contributed by atoms with Gasteiger partial charge in [0.05, 0.1) is 21.1 Å². The Balaban J connectivity index is 1.97. The minimum Gasteiger partial charge on any atom is -0.355 e. The largest absolute Gasteiger partial charge is 0.416 e. The number of hydrogen-bond donors (Lipinski definition) is 1. The zero-order valence-electron chi connectivity index (χ0n) is 11.5. The molecule has 0 bridgehead atoms. The van der Waals surface area contributed by atoms with Crippen molar-refractivity contribution in [3.05, 3.63) is 64.3 Å². The molecule has 0 radical (unpaired) electrons. The van der Waals surface area contributed by atoms with Crippen molar-refractivity contribution < 1.29 is 13.2 Å². The van der Waals surface area contributed by atoms with Crippen LogP contribution in [0.15, 0.2) is 48.7 Å². The molecular formula is C16H9Cl2F3N2. The standard InChI is InChI=1S/C16H9Cl2F3N2/c17-12-7-11-14(5-6-22-15(11)8-13(12)18)23-10-3-1-9(2-4-10)16(19,20)21/h1-8H,(H,22,23). The first-order valence-corrected chi connectivity index (χ1v) is 7.28. The molecule has 0 fully saturated rings. The van der Waals surface area contributed by atoms with Gasteiger partial charge in [0.25, 0.3) is 0 Å². The van der Waals surface area contributed by atoms with Crippen LogP contribution in [-0.4, -0.2) is 4.98 Å². The van der Waals surface area contributed by atoms with Gasteiger partial charge in [0, 0.05) is 23.0 Å². The van der Waals surface area contributed by atoms with Crippen LogP contribution >= 0.6 is 23.2 Å². The first-order valence-electron chi connectivity index (χ1n) is 6.52. The van der Waals surface area contributed by atoms with Crippen molar-refractivity contribution in [2.45, 2.75) is 6.18 Å². The fourth-order valence-electron chi connectivity index (χ4n) is 2.15. The van der Waals surface area contributed by atoms with Gasteiger partial charge in [-0.25, -0.2) is 0 Å². The average Bonchev–Trinajstić information content (AvgIpc) is 2.49. The van der Waals surface area contributed by atoms with Gasteiger partial charge in [-0.1, -0.05) is 23.2 Å². The van der Waals surface area contributed by atoms with Crippen molar-refractivity contribution in [3.63, 3.8) is 0 Å². The van der Waals surface area contributed by atoms with E-state index in [1.807, 2.05) is 0 Å². The van der Waals surface area contributed by atoms with Crippen LogP contribution in [0.3, 0.4) is 0 Å². The van der Waals surface area contributed by atoms with Crippen LogP contribution < -0.4 is 5.32 Å². The molecule has 1 heterocycles. The first kappa shape index (κ1) is 15.9. The number of aromatic nitrogens is 1. The van der Waals surface area contributed by atoms with E-state index in [0.29, 0.717) is 26.9 Å². The molecule has 2 nitrogen and oxygen atoms in total. The molecule has 0 saturated carbocycles. The fraction of sp³-hybridized carbons (Fsp3) is 0.0625. The smallest absolute Gasteiger partial charge is 0.355 e. The van der Waals surface area contributed by atoms with Gasteiger partial charge >= 0.3 is 6.18 Å². The number of hydrogen-bond acceptors (Lipinski definition) is 2. The van der Waals surface area contributed by atoms with Crippen LogP contribution in [0, 0.1) is 0 Å². The van der Waals surface area contributed by atoms with E-state index < -0.39 is 11.7 Å². The minimum atomic E-state index is -4.35. The molecule has 3 rings (SSSR count). The molecule has 118 valence electrons. The zero-order valence-corrected chi connectivity index (χ0v) is 13.0. The summed E-state index contributed by atoms with van der Waals surface area (Å²) in [6, 6.07) is 9.80. The Bertz CT molecular complexity index is 862. The van der Waals surface area contributed by atoms with Crippen LogP contribution in [0.2, 0.25) is 10.0 Å². The van der Waals surface area contributed by atoms with Crippen molar-refractivity contribution >= 4 is 45.5 Å². The van der Waals surface area contributed by atoms with E-state index in [1.165, 1.54) is 12.1 Å². The molecule has 23 heavy (non-hydrogen) atoms. The second kappa shape index (κ2) is 5.91. The highest BCUT2D eigenvalue weighted by atomic mass is 35.5. The predicted molar refractivity (Wildman–Crippen MR) is 86.5 cm³/mol. The highest BCUT2D eigenvalue weighted by Crippen LogP contribution is 2.33. The topological polar surface area (TPSA) is 24.9 Å². The number of halogens is 5. The fourth-order valence-corrected chi connectivity index (χ4v) is 2.47. The summed E-state index contributed by atoms with van der Waals surface area (Å²) in [6.45, 7) is 0. The van der Waals surface area contributed by atoms with Gasteiger partial charge in [-0.2, -0.15) is 13.2 Å². The number of rotatable bonds is 2. The van der Waals surface area contributed by atoms with Gasteiger partial charge in [-0.05, 0) is 42.5 Å². The van der Waals surface area contributed by atoms with Crippen LogP contribution in [-0.2, 0) is 6.18 Å². The first-order chi connectivity index (χ1) is 10.8. The van der Waals surface area contributed by atoms with Gasteiger partial charge in [0.2, 0.25) is 0 Å². The molecule has 0 saturated heterocycles. The molecular weight excluding hydrogens is 348 g/mol. The summed E-state index contributed by atoms with van der Waals surface area (Å²) in [5.74, 6) is 0. The third kappa shape index (κ3) is 3.35. The maximum atomic E-state index is 12.6. The summed E-state index contributed by atoms with van der Waals surface area (Å²) < 4.78 is 37.7. The van der Waals surface area contributed by atoms with Crippen molar-refractivity contribution in [1.82, 2.24) is 4.98 Å². The average molecular weight is 357 g/mol. The molecule has 7 heteroatoms. The molecule has 0 aliphatic rings. The third-order valence-corrected chi connectivity index (χ3v) is 4.00. The van der Waals surface area contributed by atoms with Crippen LogP contribution in [0.25, 0.3) is 10.9 Å². The summed E-state index contributed by atoms with van der Waals surface area (Å²) in [5, 5.41) is 4.55. The van der Waals surface area contributed by atoms with E-state index in [2.05, 4.69) is 10.3 Å². The van der Waals surface area contributed by atoms with Gasteiger partial charge in [0.15, 0.2) is 0 Å². The molecule has 0 spiro atoms. The Morgan fingerprint density at radius 2 is 1.57 bits per heavy atom. The lowest BCUT2D eigenvalue weighted by Gasteiger charge is -2.12. The molecule has 0 aliphatic carbocycles. The predicted octanol–water partition coefficient (Wildman–Crippen LogP) is 6.30. The molecule has 0 unspecified atom stereocenters. The van der Waals surface area contributed by atoms with Crippen molar-refractivity contribution in [2.24, 2.45) is 0 Å². The second-order valence-electron chi connectivity index (χ2n) is 4.84. The highest BCUT2D eigenvalue weighted by Gasteiger charge is 2.29. The van der Waals surface area contributed by atoms with E-state index in [4.69, 9.17) is 23.2 Å². The van der Waals surface area contributed by atoms with E-state index >= 15 is 0 Å². The summed E-state index contributed by atoms with van der Waals surface area (Å²) in [5.41, 5.74) is 1.14. The third-order valence-electron chi connectivity index (χ3n) is 3.27. The molecule has 2 aromatic carbocycles. The molecule has 0 aliphatic heterocycles. The number of nitrogens with zero attached hydrogens (tertiary/aromatic N) is 1. The van der Waals surface area contributed by atoms with Gasteiger partial charge < -0.3 is 5.32 Å². The van der Waals surface area contributed by atoms with Crippen molar-refractivity contribution in [1.29, 1.82) is 0 Å². The van der Waals surface area contributed by atoms with Crippen LogP contribution in [0.5, 0.6) is 0 Å². The summed E-state index contributed by atoms with van der Waals surface area (Å²) in [7, 11) is 0. The summed E-state index contributed by atoms with van der Waals surface area (Å²) in [6.07, 6.45) is -2.77.